The average Bonchev–Trinajstić information content (AvgIpc) is 2.46. The number of carbonyl (C=O) groups is 1. The molecule has 2 saturated carbocycles. The Hall–Kier alpha value is -0.330. The molecule has 0 aromatic heterocycles. The van der Waals surface area contributed by atoms with Crippen molar-refractivity contribution in [3.63, 3.8) is 0 Å². The van der Waals surface area contributed by atoms with Crippen LogP contribution in [0.1, 0.15) is 84.0 Å². The van der Waals surface area contributed by atoms with Crippen molar-refractivity contribution >= 4 is 6.29 Å². The highest BCUT2D eigenvalue weighted by Gasteiger charge is 2.35. The summed E-state index contributed by atoms with van der Waals surface area (Å²) in [6.07, 6.45) is 17.9. The van der Waals surface area contributed by atoms with Crippen molar-refractivity contribution in [2.75, 3.05) is 0 Å². The van der Waals surface area contributed by atoms with Gasteiger partial charge in [0, 0.05) is 5.92 Å². The molecule has 0 radical (unpaired) electrons. The zero-order valence-corrected chi connectivity index (χ0v) is 12.8. The smallest absolute Gasteiger partial charge is 0.123 e. The Morgan fingerprint density at radius 1 is 0.895 bits per heavy atom. The first-order valence-corrected chi connectivity index (χ1v) is 8.78. The van der Waals surface area contributed by atoms with E-state index in [0.717, 1.165) is 17.8 Å². The maximum absolute atomic E-state index is 10.9. The largest absolute Gasteiger partial charge is 0.303 e. The minimum Gasteiger partial charge on any atom is -0.303 e. The number of rotatable bonds is 7. The maximum Gasteiger partial charge on any atom is 0.123 e. The van der Waals surface area contributed by atoms with E-state index >= 15 is 0 Å². The first kappa shape index (κ1) is 15.1. The number of hydrogen-bond donors (Lipinski definition) is 0. The lowest BCUT2D eigenvalue weighted by molar-refractivity contribution is -0.113. The summed E-state index contributed by atoms with van der Waals surface area (Å²) in [6.45, 7) is 2.29. The molecule has 1 heteroatoms. The van der Waals surface area contributed by atoms with Crippen LogP contribution in [0, 0.1) is 23.7 Å². The molecule has 0 heterocycles. The standard InChI is InChI=1S/C18H32O/c1-2-3-4-5-6-7-15-8-10-18-13-16(14-19)9-11-17(18)12-15/h14-18H,2-13H2,1H3. The Labute approximate surface area is 119 Å². The molecule has 0 amide bonds. The van der Waals surface area contributed by atoms with E-state index in [1.165, 1.54) is 83.3 Å². The fraction of sp³-hybridized carbons (Fsp3) is 0.944. The highest BCUT2D eigenvalue weighted by Crippen LogP contribution is 2.45. The van der Waals surface area contributed by atoms with Gasteiger partial charge in [-0.2, -0.15) is 0 Å². The van der Waals surface area contributed by atoms with Crippen LogP contribution in [0.5, 0.6) is 0 Å². The topological polar surface area (TPSA) is 17.1 Å². The molecule has 0 aromatic carbocycles. The average molecular weight is 264 g/mol. The summed E-state index contributed by atoms with van der Waals surface area (Å²) in [5.41, 5.74) is 0. The van der Waals surface area contributed by atoms with Gasteiger partial charge < -0.3 is 4.79 Å². The highest BCUT2D eigenvalue weighted by atomic mass is 16.1. The molecule has 4 atom stereocenters. The van der Waals surface area contributed by atoms with Crippen LogP contribution in [-0.4, -0.2) is 6.29 Å². The van der Waals surface area contributed by atoms with Gasteiger partial charge in [-0.1, -0.05) is 51.9 Å². The predicted molar refractivity (Wildman–Crippen MR) is 81.1 cm³/mol. The van der Waals surface area contributed by atoms with Crippen molar-refractivity contribution < 1.29 is 4.79 Å². The van der Waals surface area contributed by atoms with E-state index in [2.05, 4.69) is 6.92 Å². The summed E-state index contributed by atoms with van der Waals surface area (Å²) in [5.74, 6) is 3.26. The second-order valence-electron chi connectivity index (χ2n) is 7.11. The summed E-state index contributed by atoms with van der Waals surface area (Å²) in [6, 6.07) is 0. The number of carbonyl (C=O) groups excluding carboxylic acids is 1. The molecular formula is C18H32O. The molecule has 2 aliphatic carbocycles. The van der Waals surface area contributed by atoms with Crippen LogP contribution in [0.25, 0.3) is 0 Å². The van der Waals surface area contributed by atoms with Gasteiger partial charge in [0.25, 0.3) is 0 Å². The lowest BCUT2D eigenvalue weighted by Gasteiger charge is -2.41. The van der Waals surface area contributed by atoms with Gasteiger partial charge in [-0.15, -0.1) is 0 Å². The molecule has 110 valence electrons. The summed E-state index contributed by atoms with van der Waals surface area (Å²) in [4.78, 5) is 10.9. The quantitative estimate of drug-likeness (QED) is 0.446. The van der Waals surface area contributed by atoms with E-state index in [1.54, 1.807) is 0 Å². The van der Waals surface area contributed by atoms with Crippen molar-refractivity contribution in [3.8, 4) is 0 Å². The Morgan fingerprint density at radius 2 is 1.63 bits per heavy atom. The number of hydrogen-bond acceptors (Lipinski definition) is 1. The van der Waals surface area contributed by atoms with Crippen LogP contribution in [0.3, 0.4) is 0 Å². The van der Waals surface area contributed by atoms with E-state index in [1.807, 2.05) is 0 Å². The summed E-state index contributed by atoms with van der Waals surface area (Å²) in [5, 5.41) is 0. The van der Waals surface area contributed by atoms with E-state index in [9.17, 15) is 4.79 Å². The van der Waals surface area contributed by atoms with Crippen LogP contribution in [-0.2, 0) is 4.79 Å². The van der Waals surface area contributed by atoms with Gasteiger partial charge >= 0.3 is 0 Å². The molecule has 2 rings (SSSR count). The van der Waals surface area contributed by atoms with Crippen LogP contribution in [0.4, 0.5) is 0 Å². The molecule has 0 spiro atoms. The van der Waals surface area contributed by atoms with Crippen molar-refractivity contribution in [1.29, 1.82) is 0 Å². The van der Waals surface area contributed by atoms with E-state index in [0.29, 0.717) is 5.92 Å². The van der Waals surface area contributed by atoms with Crippen LogP contribution in [0.2, 0.25) is 0 Å². The molecule has 0 bridgehead atoms. The minimum absolute atomic E-state index is 0.395. The SMILES string of the molecule is CCCCCCCC1CCC2CC(C=O)CCC2C1. The van der Waals surface area contributed by atoms with E-state index in [4.69, 9.17) is 0 Å². The Balaban J connectivity index is 1.64. The third-order valence-corrected chi connectivity index (χ3v) is 5.67. The fourth-order valence-corrected chi connectivity index (χ4v) is 4.45. The molecule has 19 heavy (non-hydrogen) atoms. The van der Waals surface area contributed by atoms with Crippen LogP contribution >= 0.6 is 0 Å². The minimum atomic E-state index is 0.395. The monoisotopic (exact) mass is 264 g/mol. The number of fused-ring (bicyclic) bond motifs is 1. The second kappa shape index (κ2) is 8.07. The zero-order valence-electron chi connectivity index (χ0n) is 12.8. The lowest BCUT2D eigenvalue weighted by atomic mass is 9.64. The van der Waals surface area contributed by atoms with Crippen LogP contribution in [0.15, 0.2) is 0 Å². The highest BCUT2D eigenvalue weighted by molar-refractivity contribution is 5.53. The molecule has 2 fully saturated rings. The second-order valence-corrected chi connectivity index (χ2v) is 7.11. The number of aldehydes is 1. The van der Waals surface area contributed by atoms with E-state index < -0.39 is 0 Å². The fourth-order valence-electron chi connectivity index (χ4n) is 4.45. The molecular weight excluding hydrogens is 232 g/mol. The van der Waals surface area contributed by atoms with Gasteiger partial charge in [-0.05, 0) is 49.9 Å². The van der Waals surface area contributed by atoms with Gasteiger partial charge in [-0.3, -0.25) is 0 Å². The third-order valence-electron chi connectivity index (χ3n) is 5.67. The lowest BCUT2D eigenvalue weighted by Crippen LogP contribution is -2.31. The van der Waals surface area contributed by atoms with E-state index in [-0.39, 0.29) is 0 Å². The van der Waals surface area contributed by atoms with Crippen molar-refractivity contribution in [2.24, 2.45) is 23.7 Å². The van der Waals surface area contributed by atoms with Gasteiger partial charge in [0.05, 0.1) is 0 Å². The van der Waals surface area contributed by atoms with Crippen molar-refractivity contribution in [3.05, 3.63) is 0 Å². The van der Waals surface area contributed by atoms with Gasteiger partial charge in [-0.25, -0.2) is 0 Å². The van der Waals surface area contributed by atoms with Gasteiger partial charge in [0.15, 0.2) is 0 Å². The molecule has 0 aromatic rings. The predicted octanol–water partition coefficient (Wildman–Crippen LogP) is 5.38. The van der Waals surface area contributed by atoms with Crippen molar-refractivity contribution in [2.45, 2.75) is 84.0 Å². The Kier molecular flexibility index (Phi) is 6.40. The first-order valence-electron chi connectivity index (χ1n) is 8.78. The van der Waals surface area contributed by atoms with Gasteiger partial charge in [0.1, 0.15) is 6.29 Å². The first-order chi connectivity index (χ1) is 9.33. The van der Waals surface area contributed by atoms with Crippen molar-refractivity contribution in [1.82, 2.24) is 0 Å². The maximum atomic E-state index is 10.9. The Morgan fingerprint density at radius 3 is 2.42 bits per heavy atom. The molecule has 2 aliphatic rings. The zero-order chi connectivity index (χ0) is 13.5. The molecule has 1 nitrogen and oxygen atoms in total. The van der Waals surface area contributed by atoms with Gasteiger partial charge in [0.2, 0.25) is 0 Å². The molecule has 4 unspecified atom stereocenters. The summed E-state index contributed by atoms with van der Waals surface area (Å²) < 4.78 is 0. The summed E-state index contributed by atoms with van der Waals surface area (Å²) in [7, 11) is 0. The molecule has 0 saturated heterocycles. The normalized spacial score (nSPS) is 34.8. The molecule has 0 aliphatic heterocycles. The third kappa shape index (κ3) is 4.61. The Bertz CT molecular complexity index is 260. The van der Waals surface area contributed by atoms with Crippen LogP contribution < -0.4 is 0 Å². The summed E-state index contributed by atoms with van der Waals surface area (Å²) >= 11 is 0. The number of unbranched alkanes of at least 4 members (excludes halogenated alkanes) is 4. The molecule has 0 N–H and O–H groups in total.